The zero-order valence-corrected chi connectivity index (χ0v) is 8.77. The summed E-state index contributed by atoms with van der Waals surface area (Å²) in [4.78, 5) is 0. The standard InChI is InChI=1S/C8H14BNO5/c1-6-8(9(11)12)7(10-15-6)5-14-4-3-13-2/h11-12H,3-5H2,1-2H3. The van der Waals surface area contributed by atoms with Crippen LogP contribution in [0.25, 0.3) is 0 Å². The highest BCUT2D eigenvalue weighted by atomic mass is 16.5. The minimum absolute atomic E-state index is 0.174. The normalized spacial score (nSPS) is 10.7. The second-order valence-electron chi connectivity index (χ2n) is 3.02. The second-order valence-corrected chi connectivity index (χ2v) is 3.02. The Morgan fingerprint density at radius 2 is 2.13 bits per heavy atom. The van der Waals surface area contributed by atoms with E-state index in [1.807, 2.05) is 0 Å². The molecule has 2 N–H and O–H groups in total. The van der Waals surface area contributed by atoms with Crippen LogP contribution in [0.5, 0.6) is 0 Å². The van der Waals surface area contributed by atoms with Gasteiger partial charge in [0.05, 0.1) is 25.3 Å². The quantitative estimate of drug-likeness (QED) is 0.459. The van der Waals surface area contributed by atoms with Gasteiger partial charge in [0, 0.05) is 7.11 Å². The highest BCUT2D eigenvalue weighted by Crippen LogP contribution is 2.01. The molecule has 0 amide bonds. The predicted octanol–water partition coefficient (Wildman–Crippen LogP) is -1.17. The van der Waals surface area contributed by atoms with Gasteiger partial charge >= 0.3 is 7.12 Å². The molecule has 7 heteroatoms. The van der Waals surface area contributed by atoms with Crippen LogP contribution < -0.4 is 5.46 Å². The highest BCUT2D eigenvalue weighted by molar-refractivity contribution is 6.59. The van der Waals surface area contributed by atoms with Crippen molar-refractivity contribution in [3.63, 3.8) is 0 Å². The Hall–Kier alpha value is -0.885. The minimum atomic E-state index is -1.59. The van der Waals surface area contributed by atoms with Gasteiger partial charge < -0.3 is 24.0 Å². The number of hydrogen-bond acceptors (Lipinski definition) is 6. The maximum Gasteiger partial charge on any atom is 0.494 e. The smallest absolute Gasteiger partial charge is 0.423 e. The predicted molar refractivity (Wildman–Crippen MR) is 52.6 cm³/mol. The molecule has 1 aromatic rings. The van der Waals surface area contributed by atoms with Crippen LogP contribution >= 0.6 is 0 Å². The fourth-order valence-corrected chi connectivity index (χ4v) is 1.17. The van der Waals surface area contributed by atoms with E-state index in [9.17, 15) is 0 Å². The molecule has 0 aliphatic carbocycles. The lowest BCUT2D eigenvalue weighted by atomic mass is 9.78. The third-order valence-corrected chi connectivity index (χ3v) is 1.91. The molecule has 1 aromatic heterocycles. The number of aromatic nitrogens is 1. The molecule has 15 heavy (non-hydrogen) atoms. The summed E-state index contributed by atoms with van der Waals surface area (Å²) < 4.78 is 14.8. The van der Waals surface area contributed by atoms with Crippen molar-refractivity contribution in [2.75, 3.05) is 20.3 Å². The Labute approximate surface area is 87.9 Å². The van der Waals surface area contributed by atoms with Crippen molar-refractivity contribution >= 4 is 12.6 Å². The van der Waals surface area contributed by atoms with Crippen LogP contribution in [0.1, 0.15) is 11.5 Å². The Morgan fingerprint density at radius 1 is 1.40 bits per heavy atom. The maximum atomic E-state index is 9.05. The van der Waals surface area contributed by atoms with Gasteiger partial charge in [0.2, 0.25) is 0 Å². The topological polar surface area (TPSA) is 85.0 Å². The van der Waals surface area contributed by atoms with E-state index in [2.05, 4.69) is 5.16 Å². The molecule has 6 nitrogen and oxygen atoms in total. The van der Waals surface area contributed by atoms with Crippen molar-refractivity contribution < 1.29 is 24.0 Å². The third kappa shape index (κ3) is 3.31. The zero-order valence-electron chi connectivity index (χ0n) is 8.77. The molecule has 0 aliphatic rings. The summed E-state index contributed by atoms with van der Waals surface area (Å²) in [7, 11) is -0.00995. The van der Waals surface area contributed by atoms with Gasteiger partial charge in [0.1, 0.15) is 11.5 Å². The van der Waals surface area contributed by atoms with Crippen molar-refractivity contribution in [3.05, 3.63) is 11.5 Å². The van der Waals surface area contributed by atoms with Crippen LogP contribution in [0.4, 0.5) is 0 Å². The third-order valence-electron chi connectivity index (χ3n) is 1.91. The average Bonchev–Trinajstić information content (AvgIpc) is 2.54. The maximum absolute atomic E-state index is 9.05. The minimum Gasteiger partial charge on any atom is -0.423 e. The van der Waals surface area contributed by atoms with E-state index >= 15 is 0 Å². The number of nitrogens with zero attached hydrogens (tertiary/aromatic N) is 1. The van der Waals surface area contributed by atoms with Crippen LogP contribution in [0.2, 0.25) is 0 Å². The van der Waals surface area contributed by atoms with Gasteiger partial charge in [0.25, 0.3) is 0 Å². The summed E-state index contributed by atoms with van der Waals surface area (Å²) in [6.07, 6.45) is 0. The summed E-state index contributed by atoms with van der Waals surface area (Å²) in [6, 6.07) is 0. The Morgan fingerprint density at radius 3 is 2.73 bits per heavy atom. The average molecular weight is 215 g/mol. The molecule has 0 aliphatic heterocycles. The van der Waals surface area contributed by atoms with Crippen LogP contribution in [0, 0.1) is 6.92 Å². The Kier molecular flexibility index (Phi) is 4.77. The molecule has 0 unspecified atom stereocenters. The molecule has 1 rings (SSSR count). The van der Waals surface area contributed by atoms with E-state index in [4.69, 9.17) is 24.0 Å². The van der Waals surface area contributed by atoms with Gasteiger partial charge in [-0.25, -0.2) is 0 Å². The van der Waals surface area contributed by atoms with E-state index in [0.717, 1.165) is 0 Å². The highest BCUT2D eigenvalue weighted by Gasteiger charge is 2.23. The molecule has 0 fully saturated rings. The van der Waals surface area contributed by atoms with Gasteiger partial charge in [-0.05, 0) is 6.92 Å². The molecule has 0 saturated heterocycles. The first-order valence-corrected chi connectivity index (χ1v) is 4.54. The van der Waals surface area contributed by atoms with E-state index in [0.29, 0.717) is 24.7 Å². The van der Waals surface area contributed by atoms with Gasteiger partial charge in [-0.2, -0.15) is 0 Å². The summed E-state index contributed by atoms with van der Waals surface area (Å²) in [5.41, 5.74) is 0.672. The molecular formula is C8H14BNO5. The Balaban J connectivity index is 2.53. The molecule has 84 valence electrons. The van der Waals surface area contributed by atoms with Crippen molar-refractivity contribution in [2.45, 2.75) is 13.5 Å². The molecule has 0 spiro atoms. The number of aryl methyl sites for hydroxylation is 1. The van der Waals surface area contributed by atoms with E-state index < -0.39 is 7.12 Å². The first kappa shape index (κ1) is 12.2. The second kappa shape index (κ2) is 5.87. The summed E-state index contributed by atoms with van der Waals surface area (Å²) in [6.45, 7) is 2.69. The van der Waals surface area contributed by atoms with Crippen molar-refractivity contribution in [3.8, 4) is 0 Å². The summed E-state index contributed by atoms with van der Waals surface area (Å²) >= 11 is 0. The van der Waals surface area contributed by atoms with Crippen molar-refractivity contribution in [1.82, 2.24) is 5.16 Å². The van der Waals surface area contributed by atoms with E-state index in [1.54, 1.807) is 14.0 Å². The number of rotatable bonds is 6. The van der Waals surface area contributed by atoms with Gasteiger partial charge in [0.15, 0.2) is 0 Å². The molecule has 0 aromatic carbocycles. The zero-order chi connectivity index (χ0) is 11.3. The molecule has 1 heterocycles. The summed E-state index contributed by atoms with van der Waals surface area (Å²) in [5, 5.41) is 21.8. The van der Waals surface area contributed by atoms with Crippen LogP contribution in [0.15, 0.2) is 4.52 Å². The van der Waals surface area contributed by atoms with Crippen molar-refractivity contribution in [1.29, 1.82) is 0 Å². The fourth-order valence-electron chi connectivity index (χ4n) is 1.17. The van der Waals surface area contributed by atoms with Crippen LogP contribution in [-0.4, -0.2) is 42.6 Å². The largest absolute Gasteiger partial charge is 0.494 e. The van der Waals surface area contributed by atoms with E-state index in [1.165, 1.54) is 0 Å². The number of ether oxygens (including phenoxy) is 2. The molecule has 0 bridgehead atoms. The molecule has 0 radical (unpaired) electrons. The summed E-state index contributed by atoms with van der Waals surface area (Å²) in [5.74, 6) is 0.385. The first-order valence-electron chi connectivity index (χ1n) is 4.54. The Bertz CT molecular complexity index is 301. The van der Waals surface area contributed by atoms with Crippen molar-refractivity contribution in [2.24, 2.45) is 0 Å². The lowest BCUT2D eigenvalue weighted by Crippen LogP contribution is -2.33. The van der Waals surface area contributed by atoms with Gasteiger partial charge in [-0.3, -0.25) is 0 Å². The molecular weight excluding hydrogens is 201 g/mol. The number of methoxy groups -OCH3 is 1. The monoisotopic (exact) mass is 215 g/mol. The molecule has 0 atom stereocenters. The van der Waals surface area contributed by atoms with Gasteiger partial charge in [-0.1, -0.05) is 5.16 Å². The number of hydrogen-bond donors (Lipinski definition) is 2. The van der Waals surface area contributed by atoms with E-state index in [-0.39, 0.29) is 12.1 Å². The fraction of sp³-hybridized carbons (Fsp3) is 0.625. The SMILES string of the molecule is COCCOCc1noc(C)c1B(O)O. The lowest BCUT2D eigenvalue weighted by molar-refractivity contribution is 0.0592. The first-order chi connectivity index (χ1) is 7.16. The van der Waals surface area contributed by atoms with Crippen LogP contribution in [0.3, 0.4) is 0 Å². The van der Waals surface area contributed by atoms with Crippen LogP contribution in [-0.2, 0) is 16.1 Å². The lowest BCUT2D eigenvalue weighted by Gasteiger charge is -2.02. The molecule has 0 saturated carbocycles. The van der Waals surface area contributed by atoms with Gasteiger partial charge in [-0.15, -0.1) is 0 Å².